The molecule has 1 rings (SSSR count). The molecular formula is C11H20N2O4S. The number of urea groups is 1. The lowest BCUT2D eigenvalue weighted by Gasteiger charge is -2.33. The quantitative estimate of drug-likeness (QED) is 0.769. The summed E-state index contributed by atoms with van der Waals surface area (Å²) in [5.74, 6) is 0.292. The van der Waals surface area contributed by atoms with Crippen LogP contribution >= 0.6 is 11.8 Å². The van der Waals surface area contributed by atoms with Crippen LogP contribution in [0.2, 0.25) is 0 Å². The number of hydrogen-bond donors (Lipinski definition) is 2. The molecule has 104 valence electrons. The van der Waals surface area contributed by atoms with E-state index in [0.29, 0.717) is 25.3 Å². The largest absolute Gasteiger partial charge is 0.480 e. The standard InChI is InChI=1S/C11H20N2O4S/c1-8(3-5-17-2)12-11(16)13-4-6-18-7-9(13)10(14)15/h8-9H,3-7H2,1-2H3,(H,12,16)(H,14,15). The Morgan fingerprint density at radius 2 is 2.33 bits per heavy atom. The number of carboxylic acids is 1. The Kier molecular flexibility index (Phi) is 6.28. The molecule has 2 N–H and O–H groups in total. The second kappa shape index (κ2) is 7.48. The molecule has 1 fully saturated rings. The lowest BCUT2D eigenvalue weighted by molar-refractivity contribution is -0.141. The zero-order valence-corrected chi connectivity index (χ0v) is 11.5. The second-order valence-corrected chi connectivity index (χ2v) is 5.40. The summed E-state index contributed by atoms with van der Waals surface area (Å²) in [5.41, 5.74) is 0. The van der Waals surface area contributed by atoms with Crippen LogP contribution in [-0.2, 0) is 9.53 Å². The van der Waals surface area contributed by atoms with Crippen LogP contribution in [0.1, 0.15) is 13.3 Å². The van der Waals surface area contributed by atoms with E-state index in [1.54, 1.807) is 18.9 Å². The van der Waals surface area contributed by atoms with E-state index in [9.17, 15) is 9.59 Å². The van der Waals surface area contributed by atoms with Crippen LogP contribution in [-0.4, -0.2) is 65.9 Å². The Hall–Kier alpha value is -0.950. The summed E-state index contributed by atoms with van der Waals surface area (Å²) < 4.78 is 4.94. The Morgan fingerprint density at radius 3 is 2.94 bits per heavy atom. The first-order valence-electron chi connectivity index (χ1n) is 5.93. The van der Waals surface area contributed by atoms with Gasteiger partial charge in [0.1, 0.15) is 6.04 Å². The van der Waals surface area contributed by atoms with Gasteiger partial charge in [-0.2, -0.15) is 11.8 Å². The maximum absolute atomic E-state index is 12.0. The summed E-state index contributed by atoms with van der Waals surface area (Å²) in [5, 5.41) is 11.9. The molecule has 6 nitrogen and oxygen atoms in total. The van der Waals surface area contributed by atoms with Gasteiger partial charge in [-0.25, -0.2) is 9.59 Å². The molecule has 0 aromatic heterocycles. The molecule has 0 spiro atoms. The van der Waals surface area contributed by atoms with Crippen LogP contribution in [0.25, 0.3) is 0 Å². The first kappa shape index (κ1) is 15.1. The highest BCUT2D eigenvalue weighted by molar-refractivity contribution is 7.99. The van der Waals surface area contributed by atoms with Crippen LogP contribution in [0.5, 0.6) is 0 Å². The first-order chi connectivity index (χ1) is 8.56. The third-order valence-corrected chi connectivity index (χ3v) is 3.82. The molecule has 2 unspecified atom stereocenters. The normalized spacial score (nSPS) is 21.4. The van der Waals surface area contributed by atoms with Crippen LogP contribution < -0.4 is 5.32 Å². The summed E-state index contributed by atoms with van der Waals surface area (Å²) in [6, 6.07) is -1.05. The first-order valence-corrected chi connectivity index (χ1v) is 7.08. The molecular weight excluding hydrogens is 256 g/mol. The molecule has 0 bridgehead atoms. The predicted molar refractivity (Wildman–Crippen MR) is 69.9 cm³/mol. The van der Waals surface area contributed by atoms with Gasteiger partial charge >= 0.3 is 12.0 Å². The highest BCUT2D eigenvalue weighted by Crippen LogP contribution is 2.16. The molecule has 18 heavy (non-hydrogen) atoms. The van der Waals surface area contributed by atoms with Gasteiger partial charge in [0, 0.05) is 37.8 Å². The zero-order valence-electron chi connectivity index (χ0n) is 10.7. The van der Waals surface area contributed by atoms with Crippen molar-refractivity contribution in [1.82, 2.24) is 10.2 Å². The molecule has 1 aliphatic heterocycles. The third-order valence-electron chi connectivity index (χ3n) is 2.80. The maximum atomic E-state index is 12.0. The Bertz CT molecular complexity index is 301. The minimum absolute atomic E-state index is 0.0264. The van der Waals surface area contributed by atoms with Gasteiger partial charge in [-0.3, -0.25) is 0 Å². The van der Waals surface area contributed by atoms with Gasteiger partial charge in [0.2, 0.25) is 0 Å². The van der Waals surface area contributed by atoms with Gasteiger partial charge < -0.3 is 20.1 Å². The number of amides is 2. The highest BCUT2D eigenvalue weighted by Gasteiger charge is 2.32. The molecule has 0 radical (unpaired) electrons. The summed E-state index contributed by atoms with van der Waals surface area (Å²) in [7, 11) is 1.61. The van der Waals surface area contributed by atoms with Gasteiger partial charge in [-0.05, 0) is 13.3 Å². The Morgan fingerprint density at radius 1 is 1.61 bits per heavy atom. The number of carbonyl (C=O) groups is 2. The number of carboxylic acid groups (broad SMARTS) is 1. The fourth-order valence-electron chi connectivity index (χ4n) is 1.71. The van der Waals surface area contributed by atoms with Crippen LogP contribution in [0.4, 0.5) is 4.79 Å². The van der Waals surface area contributed by atoms with E-state index in [1.165, 1.54) is 4.90 Å². The van der Waals surface area contributed by atoms with E-state index < -0.39 is 12.0 Å². The molecule has 2 atom stereocenters. The topological polar surface area (TPSA) is 78.9 Å². The van der Waals surface area contributed by atoms with Crippen LogP contribution in [0.15, 0.2) is 0 Å². The fraction of sp³-hybridized carbons (Fsp3) is 0.818. The number of thioether (sulfide) groups is 1. The van der Waals surface area contributed by atoms with Crippen molar-refractivity contribution >= 4 is 23.8 Å². The zero-order chi connectivity index (χ0) is 13.5. The number of methoxy groups -OCH3 is 1. The second-order valence-electron chi connectivity index (χ2n) is 4.25. The molecule has 0 aromatic rings. The van der Waals surface area contributed by atoms with Crippen LogP contribution in [0.3, 0.4) is 0 Å². The minimum Gasteiger partial charge on any atom is -0.480 e. The van der Waals surface area contributed by atoms with Crippen molar-refractivity contribution in [2.45, 2.75) is 25.4 Å². The van der Waals surface area contributed by atoms with E-state index in [2.05, 4.69) is 5.32 Å². The number of carbonyl (C=O) groups excluding carboxylic acids is 1. The fourth-order valence-corrected chi connectivity index (χ4v) is 2.75. The SMILES string of the molecule is COCCC(C)NC(=O)N1CCSCC1C(=O)O. The number of ether oxygens (including phenoxy) is 1. The van der Waals surface area contributed by atoms with Crippen molar-refractivity contribution in [3.8, 4) is 0 Å². The summed E-state index contributed by atoms with van der Waals surface area (Å²) >= 11 is 1.56. The number of aliphatic carboxylic acids is 1. The highest BCUT2D eigenvalue weighted by atomic mass is 32.2. The van der Waals surface area contributed by atoms with E-state index in [-0.39, 0.29) is 12.1 Å². The van der Waals surface area contributed by atoms with E-state index in [0.717, 1.165) is 5.75 Å². The molecule has 1 saturated heterocycles. The molecule has 2 amide bonds. The van der Waals surface area contributed by atoms with Crippen molar-refractivity contribution in [3.63, 3.8) is 0 Å². The van der Waals surface area contributed by atoms with Crippen molar-refractivity contribution in [3.05, 3.63) is 0 Å². The number of rotatable bonds is 5. The Balaban J connectivity index is 2.50. The van der Waals surface area contributed by atoms with Crippen molar-refractivity contribution in [2.24, 2.45) is 0 Å². The monoisotopic (exact) mass is 276 g/mol. The van der Waals surface area contributed by atoms with E-state index in [1.807, 2.05) is 6.92 Å². The van der Waals surface area contributed by atoms with Crippen LogP contribution in [0, 0.1) is 0 Å². The van der Waals surface area contributed by atoms with Crippen molar-refractivity contribution in [1.29, 1.82) is 0 Å². The van der Waals surface area contributed by atoms with Gasteiger partial charge in [-0.1, -0.05) is 0 Å². The molecule has 7 heteroatoms. The van der Waals surface area contributed by atoms with Gasteiger partial charge in [0.15, 0.2) is 0 Å². The molecule has 0 aliphatic carbocycles. The lowest BCUT2D eigenvalue weighted by Crippen LogP contribution is -2.55. The Labute approximate surface area is 111 Å². The van der Waals surface area contributed by atoms with E-state index in [4.69, 9.17) is 9.84 Å². The summed E-state index contributed by atoms with van der Waals surface area (Å²) in [4.78, 5) is 24.5. The molecule has 1 aliphatic rings. The average molecular weight is 276 g/mol. The van der Waals surface area contributed by atoms with Gasteiger partial charge in [-0.15, -0.1) is 0 Å². The summed E-state index contributed by atoms with van der Waals surface area (Å²) in [6.45, 7) is 2.93. The van der Waals surface area contributed by atoms with Gasteiger partial charge in [0.25, 0.3) is 0 Å². The lowest BCUT2D eigenvalue weighted by atomic mass is 10.2. The van der Waals surface area contributed by atoms with E-state index >= 15 is 0 Å². The smallest absolute Gasteiger partial charge is 0.327 e. The van der Waals surface area contributed by atoms with Gasteiger partial charge in [0.05, 0.1) is 0 Å². The molecule has 0 aromatic carbocycles. The number of nitrogens with one attached hydrogen (secondary N) is 1. The maximum Gasteiger partial charge on any atom is 0.327 e. The number of hydrogen-bond acceptors (Lipinski definition) is 4. The minimum atomic E-state index is -0.943. The van der Waals surface area contributed by atoms with Crippen molar-refractivity contribution in [2.75, 3.05) is 31.8 Å². The molecule has 1 heterocycles. The average Bonchev–Trinajstić information content (AvgIpc) is 2.36. The third kappa shape index (κ3) is 4.38. The van der Waals surface area contributed by atoms with Crippen molar-refractivity contribution < 1.29 is 19.4 Å². The number of nitrogens with zero attached hydrogens (tertiary/aromatic N) is 1. The molecule has 0 saturated carbocycles. The predicted octanol–water partition coefficient (Wildman–Crippen LogP) is 0.623. The summed E-state index contributed by atoms with van der Waals surface area (Å²) in [6.07, 6.45) is 0.711.